The van der Waals surface area contributed by atoms with Crippen LogP contribution in [-0.2, 0) is 16.1 Å². The minimum atomic E-state index is -0.420. The molecule has 4 nitrogen and oxygen atoms in total. The van der Waals surface area contributed by atoms with Gasteiger partial charge in [-0.1, -0.05) is 44.2 Å². The van der Waals surface area contributed by atoms with Crippen molar-refractivity contribution in [2.75, 3.05) is 0 Å². The van der Waals surface area contributed by atoms with E-state index in [0.717, 1.165) is 5.56 Å². The molecule has 0 aliphatic carbocycles. The topological polar surface area (TPSA) is 49.4 Å². The molecule has 0 saturated carbocycles. The second kappa shape index (κ2) is 6.07. The Morgan fingerprint density at radius 3 is 2.50 bits per heavy atom. The van der Waals surface area contributed by atoms with Crippen molar-refractivity contribution >= 4 is 11.8 Å². The molecule has 1 aromatic rings. The number of carbonyl (C=O) groups excluding carboxylic acids is 2. The molecule has 0 aromatic heterocycles. The highest BCUT2D eigenvalue weighted by atomic mass is 16.2. The van der Waals surface area contributed by atoms with E-state index in [4.69, 9.17) is 0 Å². The van der Waals surface area contributed by atoms with E-state index in [-0.39, 0.29) is 23.8 Å². The van der Waals surface area contributed by atoms with Crippen LogP contribution >= 0.6 is 0 Å². The number of nitrogens with one attached hydrogen (secondary N) is 1. The zero-order valence-electron chi connectivity index (χ0n) is 12.3. The third kappa shape index (κ3) is 3.18. The fraction of sp³-hybridized carbons (Fsp3) is 0.500. The number of hydrogen-bond donors (Lipinski definition) is 1. The fourth-order valence-electron chi connectivity index (χ4n) is 2.53. The molecule has 2 rings (SSSR count). The van der Waals surface area contributed by atoms with Gasteiger partial charge in [0, 0.05) is 19.0 Å². The molecule has 1 aromatic carbocycles. The summed E-state index contributed by atoms with van der Waals surface area (Å²) in [6, 6.07) is 9.40. The molecular formula is C16H22N2O2. The van der Waals surface area contributed by atoms with Gasteiger partial charge in [0.25, 0.3) is 0 Å². The van der Waals surface area contributed by atoms with Crippen LogP contribution in [0.3, 0.4) is 0 Å². The minimum absolute atomic E-state index is 0.0159. The molecule has 1 N–H and O–H groups in total. The summed E-state index contributed by atoms with van der Waals surface area (Å²) in [5, 5.41) is 2.84. The molecule has 1 saturated heterocycles. The number of hydrogen-bond acceptors (Lipinski definition) is 2. The Morgan fingerprint density at radius 2 is 1.90 bits per heavy atom. The molecular weight excluding hydrogens is 252 g/mol. The first-order valence-corrected chi connectivity index (χ1v) is 7.13. The van der Waals surface area contributed by atoms with E-state index in [9.17, 15) is 9.59 Å². The number of rotatable bonds is 3. The molecule has 1 fully saturated rings. The molecule has 1 heterocycles. The van der Waals surface area contributed by atoms with Crippen LogP contribution in [0.1, 0.15) is 32.8 Å². The number of carbonyl (C=O) groups is 2. The van der Waals surface area contributed by atoms with E-state index in [2.05, 4.69) is 5.32 Å². The van der Waals surface area contributed by atoms with Gasteiger partial charge in [0.05, 0.1) is 0 Å². The maximum Gasteiger partial charge on any atom is 0.245 e. The number of nitrogens with zero attached hydrogens (tertiary/aromatic N) is 1. The largest absolute Gasteiger partial charge is 0.344 e. The van der Waals surface area contributed by atoms with Gasteiger partial charge in [-0.25, -0.2) is 0 Å². The van der Waals surface area contributed by atoms with E-state index in [1.165, 1.54) is 0 Å². The summed E-state index contributed by atoms with van der Waals surface area (Å²) in [6.07, 6.45) is 0.363. The predicted octanol–water partition coefficient (Wildman–Crippen LogP) is 1.95. The molecule has 108 valence electrons. The van der Waals surface area contributed by atoms with Gasteiger partial charge < -0.3 is 10.2 Å². The van der Waals surface area contributed by atoms with E-state index in [0.29, 0.717) is 13.0 Å². The lowest BCUT2D eigenvalue weighted by Crippen LogP contribution is -2.48. The molecule has 0 bridgehead atoms. The lowest BCUT2D eigenvalue weighted by Gasteiger charge is -2.30. The Hall–Kier alpha value is -1.84. The Morgan fingerprint density at radius 1 is 1.25 bits per heavy atom. The van der Waals surface area contributed by atoms with Gasteiger partial charge in [0.1, 0.15) is 6.04 Å². The van der Waals surface area contributed by atoms with Gasteiger partial charge in [-0.3, -0.25) is 9.59 Å². The van der Waals surface area contributed by atoms with Gasteiger partial charge in [-0.15, -0.1) is 0 Å². The average Bonchev–Trinajstić information content (AvgIpc) is 2.51. The molecule has 1 aliphatic rings. The SMILES string of the molecule is CC(C)C1NC(=O)CC(C)N(Cc2ccccc2)C1=O. The lowest BCUT2D eigenvalue weighted by atomic mass is 10.0. The summed E-state index contributed by atoms with van der Waals surface area (Å²) in [4.78, 5) is 26.3. The number of amides is 2. The highest BCUT2D eigenvalue weighted by Gasteiger charge is 2.35. The second-order valence-electron chi connectivity index (χ2n) is 5.79. The highest BCUT2D eigenvalue weighted by Crippen LogP contribution is 2.18. The average molecular weight is 274 g/mol. The Balaban J connectivity index is 2.23. The molecule has 2 atom stereocenters. The first-order chi connectivity index (χ1) is 9.49. The summed E-state index contributed by atoms with van der Waals surface area (Å²) in [6.45, 7) is 6.40. The van der Waals surface area contributed by atoms with Crippen LogP contribution in [0.2, 0.25) is 0 Å². The summed E-state index contributed by atoms with van der Waals surface area (Å²) in [5.74, 6) is 0.0670. The summed E-state index contributed by atoms with van der Waals surface area (Å²) >= 11 is 0. The zero-order valence-corrected chi connectivity index (χ0v) is 12.3. The van der Waals surface area contributed by atoms with Crippen molar-refractivity contribution in [1.82, 2.24) is 10.2 Å². The summed E-state index contributed by atoms with van der Waals surface area (Å²) in [7, 11) is 0. The van der Waals surface area contributed by atoms with Crippen molar-refractivity contribution < 1.29 is 9.59 Å². The quantitative estimate of drug-likeness (QED) is 0.916. The molecule has 1 aliphatic heterocycles. The highest BCUT2D eigenvalue weighted by molar-refractivity contribution is 5.90. The molecule has 0 radical (unpaired) electrons. The van der Waals surface area contributed by atoms with Crippen molar-refractivity contribution in [3.8, 4) is 0 Å². The molecule has 20 heavy (non-hydrogen) atoms. The fourth-order valence-corrected chi connectivity index (χ4v) is 2.53. The van der Waals surface area contributed by atoms with Crippen LogP contribution in [0.4, 0.5) is 0 Å². The lowest BCUT2D eigenvalue weighted by molar-refractivity contribution is -0.136. The van der Waals surface area contributed by atoms with E-state index in [1.54, 1.807) is 0 Å². The normalized spacial score (nSPS) is 23.7. The van der Waals surface area contributed by atoms with Gasteiger partial charge in [0.2, 0.25) is 11.8 Å². The van der Waals surface area contributed by atoms with E-state index >= 15 is 0 Å². The first kappa shape index (κ1) is 14.6. The monoisotopic (exact) mass is 274 g/mol. The predicted molar refractivity (Wildman–Crippen MR) is 77.8 cm³/mol. The van der Waals surface area contributed by atoms with Crippen LogP contribution in [0.15, 0.2) is 30.3 Å². The standard InChI is InChI=1S/C16H22N2O2/c1-11(2)15-16(20)18(12(3)9-14(19)17-15)10-13-7-5-4-6-8-13/h4-8,11-12,15H,9-10H2,1-3H3,(H,17,19). The zero-order chi connectivity index (χ0) is 14.7. The Bertz CT molecular complexity index is 485. The van der Waals surface area contributed by atoms with Crippen LogP contribution in [-0.4, -0.2) is 28.8 Å². The van der Waals surface area contributed by atoms with Crippen LogP contribution < -0.4 is 5.32 Å². The summed E-state index contributed by atoms with van der Waals surface area (Å²) < 4.78 is 0. The molecule has 0 spiro atoms. The third-order valence-electron chi connectivity index (χ3n) is 3.74. The van der Waals surface area contributed by atoms with Crippen LogP contribution in [0, 0.1) is 5.92 Å². The van der Waals surface area contributed by atoms with Gasteiger partial charge in [-0.05, 0) is 18.4 Å². The summed E-state index contributed by atoms with van der Waals surface area (Å²) in [5.41, 5.74) is 1.09. The molecule has 4 heteroatoms. The van der Waals surface area contributed by atoms with Crippen molar-refractivity contribution in [3.05, 3.63) is 35.9 Å². The van der Waals surface area contributed by atoms with Gasteiger partial charge in [0.15, 0.2) is 0 Å². The van der Waals surface area contributed by atoms with E-state index in [1.807, 2.05) is 56.0 Å². The Labute approximate surface area is 120 Å². The maximum atomic E-state index is 12.7. The van der Waals surface area contributed by atoms with Gasteiger partial charge >= 0.3 is 0 Å². The minimum Gasteiger partial charge on any atom is -0.344 e. The molecule has 2 unspecified atom stereocenters. The van der Waals surface area contributed by atoms with Crippen molar-refractivity contribution in [2.45, 2.75) is 45.8 Å². The molecule has 2 amide bonds. The van der Waals surface area contributed by atoms with Crippen molar-refractivity contribution in [3.63, 3.8) is 0 Å². The van der Waals surface area contributed by atoms with Crippen molar-refractivity contribution in [1.29, 1.82) is 0 Å². The number of benzene rings is 1. The smallest absolute Gasteiger partial charge is 0.245 e. The van der Waals surface area contributed by atoms with Crippen LogP contribution in [0.25, 0.3) is 0 Å². The Kier molecular flexibility index (Phi) is 4.42. The first-order valence-electron chi connectivity index (χ1n) is 7.13. The second-order valence-corrected chi connectivity index (χ2v) is 5.79. The van der Waals surface area contributed by atoms with E-state index < -0.39 is 6.04 Å². The van der Waals surface area contributed by atoms with Crippen molar-refractivity contribution in [2.24, 2.45) is 5.92 Å². The van der Waals surface area contributed by atoms with Gasteiger partial charge in [-0.2, -0.15) is 0 Å². The third-order valence-corrected chi connectivity index (χ3v) is 3.74. The maximum absolute atomic E-state index is 12.7. The van der Waals surface area contributed by atoms with Crippen LogP contribution in [0.5, 0.6) is 0 Å².